The van der Waals surface area contributed by atoms with Crippen LogP contribution in [-0.4, -0.2) is 0 Å². The molecule has 0 aliphatic heterocycles. The molecule has 0 fully saturated rings. The number of hydrogen-bond donors (Lipinski definition) is 0. The molecule has 0 nitrogen and oxygen atoms in total. The molecule has 0 unspecified atom stereocenters. The Balaban J connectivity index is 1.74. The van der Waals surface area contributed by atoms with E-state index in [1.54, 1.807) is 12.1 Å². The van der Waals surface area contributed by atoms with Crippen LogP contribution in [0.25, 0.3) is 33.0 Å². The maximum atomic E-state index is 15.3. The molecular weight excluding hydrogens is 455 g/mol. The molecule has 0 aliphatic carbocycles. The van der Waals surface area contributed by atoms with Gasteiger partial charge < -0.3 is 0 Å². The summed E-state index contributed by atoms with van der Waals surface area (Å²) in [5.41, 5.74) is 0.151. The van der Waals surface area contributed by atoms with E-state index in [9.17, 15) is 17.6 Å². The van der Waals surface area contributed by atoms with Crippen molar-refractivity contribution in [3.8, 4) is 22.3 Å². The summed E-state index contributed by atoms with van der Waals surface area (Å²) in [5, 5.41) is 0.288. The van der Waals surface area contributed by atoms with Crippen molar-refractivity contribution in [2.45, 2.75) is 32.6 Å². The highest BCUT2D eigenvalue weighted by Crippen LogP contribution is 2.36. The summed E-state index contributed by atoms with van der Waals surface area (Å²) in [4.78, 5) is 0. The Morgan fingerprint density at radius 3 is 1.97 bits per heavy atom. The zero-order valence-corrected chi connectivity index (χ0v) is 18.5. The Bertz CT molecular complexity index is 1300. The molecule has 0 radical (unpaired) electrons. The van der Waals surface area contributed by atoms with Crippen molar-refractivity contribution in [2.24, 2.45) is 0 Å². The molecule has 0 heterocycles. The molecule has 0 saturated heterocycles. The molecule has 0 saturated carbocycles. The van der Waals surface area contributed by atoms with Gasteiger partial charge in [-0.05, 0) is 59.2 Å². The second kappa shape index (κ2) is 9.52. The lowest BCUT2D eigenvalue weighted by atomic mass is 9.95. The maximum Gasteiger partial charge on any atom is 0.145 e. The van der Waals surface area contributed by atoms with Crippen LogP contribution in [0.15, 0.2) is 54.6 Å². The average molecular weight is 475 g/mol. The zero-order valence-electron chi connectivity index (χ0n) is 17.8. The van der Waals surface area contributed by atoms with Crippen molar-refractivity contribution in [1.29, 1.82) is 0 Å². The minimum absolute atomic E-state index is 0.0184. The van der Waals surface area contributed by atoms with Crippen LogP contribution < -0.4 is 0 Å². The molecule has 0 amide bonds. The Morgan fingerprint density at radius 2 is 1.33 bits per heavy atom. The van der Waals surface area contributed by atoms with Gasteiger partial charge in [-0.3, -0.25) is 0 Å². The van der Waals surface area contributed by atoms with Gasteiger partial charge in [-0.15, -0.1) is 0 Å². The lowest BCUT2D eigenvalue weighted by Crippen LogP contribution is -1.96. The summed E-state index contributed by atoms with van der Waals surface area (Å²) in [6, 6.07) is 12.1. The van der Waals surface area contributed by atoms with E-state index in [0.717, 1.165) is 55.5 Å². The number of aryl methyl sites for hydroxylation is 1. The van der Waals surface area contributed by atoms with Gasteiger partial charge in [-0.1, -0.05) is 61.7 Å². The van der Waals surface area contributed by atoms with Gasteiger partial charge in [-0.2, -0.15) is 0 Å². The van der Waals surface area contributed by atoms with Crippen LogP contribution in [0.4, 0.5) is 22.0 Å². The monoisotopic (exact) mass is 474 g/mol. The van der Waals surface area contributed by atoms with Gasteiger partial charge in [0.25, 0.3) is 0 Å². The Morgan fingerprint density at radius 1 is 0.697 bits per heavy atom. The fraction of sp³-hybridized carbons (Fsp3) is 0.185. The van der Waals surface area contributed by atoms with Crippen LogP contribution in [0.2, 0.25) is 5.02 Å². The second-order valence-corrected chi connectivity index (χ2v) is 8.39. The van der Waals surface area contributed by atoms with Crippen molar-refractivity contribution >= 4 is 22.4 Å². The minimum atomic E-state index is -1.14. The quantitative estimate of drug-likeness (QED) is 0.148. The SMILES string of the molecule is CCCCCc1ccc2c(F)c(-c3cc(F)c(-c4cc(F)c(Cl)c(F)c4)c(F)c3)ccc2c1. The molecule has 4 aromatic rings. The molecule has 170 valence electrons. The predicted octanol–water partition coefficient (Wildman–Crippen LogP) is 9.26. The van der Waals surface area contributed by atoms with Gasteiger partial charge in [0.1, 0.15) is 34.1 Å². The predicted molar refractivity (Wildman–Crippen MR) is 123 cm³/mol. The molecule has 0 bridgehead atoms. The number of fused-ring (bicyclic) bond motifs is 1. The summed E-state index contributed by atoms with van der Waals surface area (Å²) in [7, 11) is 0. The fourth-order valence-corrected chi connectivity index (χ4v) is 4.11. The molecule has 0 aliphatic rings. The third kappa shape index (κ3) is 4.60. The molecule has 33 heavy (non-hydrogen) atoms. The number of halogens is 6. The van der Waals surface area contributed by atoms with E-state index in [-0.39, 0.29) is 16.7 Å². The number of hydrogen-bond acceptors (Lipinski definition) is 0. The summed E-state index contributed by atoms with van der Waals surface area (Å²) >= 11 is 5.45. The van der Waals surface area contributed by atoms with Crippen molar-refractivity contribution < 1.29 is 22.0 Å². The van der Waals surface area contributed by atoms with Crippen LogP contribution >= 0.6 is 11.6 Å². The van der Waals surface area contributed by atoms with E-state index in [1.165, 1.54) is 6.07 Å². The average Bonchev–Trinajstić information content (AvgIpc) is 2.77. The van der Waals surface area contributed by atoms with Gasteiger partial charge in [0, 0.05) is 10.9 Å². The summed E-state index contributed by atoms with van der Waals surface area (Å²) in [6.45, 7) is 2.13. The summed E-state index contributed by atoms with van der Waals surface area (Å²) < 4.78 is 72.5. The second-order valence-electron chi connectivity index (χ2n) is 8.01. The first kappa shape index (κ1) is 23.2. The Kier molecular flexibility index (Phi) is 6.71. The number of rotatable bonds is 6. The number of unbranched alkanes of at least 4 members (excludes halogenated alkanes) is 2. The van der Waals surface area contributed by atoms with Crippen LogP contribution in [0.5, 0.6) is 0 Å². The van der Waals surface area contributed by atoms with Gasteiger partial charge >= 0.3 is 0 Å². The molecule has 4 aromatic carbocycles. The molecule has 0 spiro atoms. The molecule has 0 atom stereocenters. The lowest BCUT2D eigenvalue weighted by Gasteiger charge is -2.12. The fourth-order valence-electron chi connectivity index (χ4n) is 4.00. The normalized spacial score (nSPS) is 11.4. The van der Waals surface area contributed by atoms with Gasteiger partial charge in [0.2, 0.25) is 0 Å². The van der Waals surface area contributed by atoms with E-state index in [1.807, 2.05) is 12.1 Å². The van der Waals surface area contributed by atoms with E-state index in [0.29, 0.717) is 10.8 Å². The van der Waals surface area contributed by atoms with Crippen molar-refractivity contribution in [1.82, 2.24) is 0 Å². The van der Waals surface area contributed by atoms with Gasteiger partial charge in [-0.25, -0.2) is 22.0 Å². The zero-order chi connectivity index (χ0) is 23.7. The molecule has 0 N–H and O–H groups in total. The molecule has 4 rings (SSSR count). The van der Waals surface area contributed by atoms with E-state index in [2.05, 4.69) is 6.92 Å². The molecule has 6 heteroatoms. The van der Waals surface area contributed by atoms with Crippen molar-refractivity contribution in [3.05, 3.63) is 94.3 Å². The Hall–Kier alpha value is -2.92. The van der Waals surface area contributed by atoms with Crippen molar-refractivity contribution in [2.75, 3.05) is 0 Å². The minimum Gasteiger partial charge on any atom is -0.206 e. The van der Waals surface area contributed by atoms with E-state index < -0.39 is 39.7 Å². The Labute approximate surface area is 193 Å². The molecular formula is C27H20ClF5. The van der Waals surface area contributed by atoms with Gasteiger partial charge in [0.15, 0.2) is 0 Å². The third-order valence-corrected chi connectivity index (χ3v) is 6.07. The first-order valence-corrected chi connectivity index (χ1v) is 11.0. The van der Waals surface area contributed by atoms with Crippen molar-refractivity contribution in [3.63, 3.8) is 0 Å². The van der Waals surface area contributed by atoms with Crippen LogP contribution in [0.3, 0.4) is 0 Å². The topological polar surface area (TPSA) is 0 Å². The summed E-state index contributed by atoms with van der Waals surface area (Å²) in [5.74, 6) is -5.01. The van der Waals surface area contributed by atoms with Crippen LogP contribution in [0.1, 0.15) is 31.7 Å². The van der Waals surface area contributed by atoms with Gasteiger partial charge in [0.05, 0.1) is 5.56 Å². The lowest BCUT2D eigenvalue weighted by molar-refractivity contribution is 0.579. The largest absolute Gasteiger partial charge is 0.206 e. The third-order valence-electron chi connectivity index (χ3n) is 5.71. The van der Waals surface area contributed by atoms with Crippen LogP contribution in [0, 0.1) is 29.1 Å². The van der Waals surface area contributed by atoms with E-state index in [4.69, 9.17) is 11.6 Å². The van der Waals surface area contributed by atoms with Crippen LogP contribution in [-0.2, 0) is 6.42 Å². The first-order chi connectivity index (χ1) is 15.8. The standard InChI is InChI=1S/C27H20ClF5/c1-2-3-4-5-15-6-8-19-16(10-15)7-9-20(27(19)33)17-11-21(29)25(22(30)12-17)18-13-23(31)26(28)24(32)14-18/h6-14H,2-5H2,1H3. The number of benzene rings is 4. The highest BCUT2D eigenvalue weighted by Gasteiger charge is 2.19. The smallest absolute Gasteiger partial charge is 0.145 e. The summed E-state index contributed by atoms with van der Waals surface area (Å²) in [6.07, 6.45) is 4.18. The highest BCUT2D eigenvalue weighted by atomic mass is 35.5. The maximum absolute atomic E-state index is 15.3. The molecule has 0 aromatic heterocycles. The van der Waals surface area contributed by atoms with E-state index >= 15 is 4.39 Å². The first-order valence-electron chi connectivity index (χ1n) is 10.7. The highest BCUT2D eigenvalue weighted by molar-refractivity contribution is 6.31.